The van der Waals surface area contributed by atoms with E-state index in [1.165, 1.54) is 11.3 Å². The molecule has 11 heavy (non-hydrogen) atoms. The van der Waals surface area contributed by atoms with E-state index in [1.54, 1.807) is 13.1 Å². The van der Waals surface area contributed by atoms with Crippen LogP contribution in [0.3, 0.4) is 0 Å². The highest BCUT2D eigenvalue weighted by atomic mass is 32.1. The van der Waals surface area contributed by atoms with Gasteiger partial charge in [0.25, 0.3) is 5.89 Å². The van der Waals surface area contributed by atoms with Gasteiger partial charge in [-0.05, 0) is 0 Å². The van der Waals surface area contributed by atoms with Crippen LogP contribution in [0.5, 0.6) is 0 Å². The molecule has 0 unspecified atom stereocenters. The zero-order valence-corrected chi connectivity index (χ0v) is 6.63. The Kier molecular flexibility index (Phi) is 1.43. The molecule has 0 aromatic carbocycles. The Morgan fingerprint density at radius 3 is 2.91 bits per heavy atom. The smallest absolute Gasteiger partial charge is 0.276 e. The lowest BCUT2D eigenvalue weighted by Gasteiger charge is -1.81. The number of thiazole rings is 1. The van der Waals surface area contributed by atoms with Crippen LogP contribution in [-0.2, 0) is 0 Å². The van der Waals surface area contributed by atoms with Crippen LogP contribution in [0.25, 0.3) is 10.9 Å². The number of nitrogens with zero attached hydrogens (tertiary/aromatic N) is 3. The van der Waals surface area contributed by atoms with Gasteiger partial charge in [0, 0.05) is 18.5 Å². The summed E-state index contributed by atoms with van der Waals surface area (Å²) in [6.07, 6.45) is 1.71. The number of hydrogen-bond acceptors (Lipinski definition) is 5. The molecule has 2 rings (SSSR count). The van der Waals surface area contributed by atoms with Crippen LogP contribution >= 0.6 is 11.3 Å². The Labute approximate surface area is 66.9 Å². The normalized spacial score (nSPS) is 10.3. The van der Waals surface area contributed by atoms with Crippen molar-refractivity contribution in [1.29, 1.82) is 0 Å². The van der Waals surface area contributed by atoms with Gasteiger partial charge in [0.1, 0.15) is 0 Å². The molecule has 0 N–H and O–H groups in total. The highest BCUT2D eigenvalue weighted by Crippen LogP contribution is 2.18. The van der Waals surface area contributed by atoms with E-state index in [9.17, 15) is 0 Å². The van der Waals surface area contributed by atoms with Crippen LogP contribution < -0.4 is 0 Å². The quantitative estimate of drug-likeness (QED) is 0.645. The first-order valence-electron chi connectivity index (χ1n) is 3.06. The minimum absolute atomic E-state index is 0.498. The Bertz CT molecular complexity index is 340. The maximum atomic E-state index is 5.15. The molecule has 0 bridgehead atoms. The van der Waals surface area contributed by atoms with Crippen molar-refractivity contribution in [2.75, 3.05) is 0 Å². The maximum Gasteiger partial charge on any atom is 0.276 e. The SMILES string of the molecule is Cc1nnc(-c2nccs2)o1. The van der Waals surface area contributed by atoms with Gasteiger partial charge in [0.15, 0.2) is 5.01 Å². The molecule has 0 fully saturated rings. The van der Waals surface area contributed by atoms with Crippen LogP contribution in [0.2, 0.25) is 0 Å². The van der Waals surface area contributed by atoms with Crippen molar-refractivity contribution in [2.24, 2.45) is 0 Å². The topological polar surface area (TPSA) is 51.8 Å². The molecule has 4 nitrogen and oxygen atoms in total. The third-order valence-electron chi connectivity index (χ3n) is 1.14. The first-order valence-corrected chi connectivity index (χ1v) is 3.94. The molecule has 56 valence electrons. The van der Waals surface area contributed by atoms with Crippen LogP contribution in [0.4, 0.5) is 0 Å². The first-order chi connectivity index (χ1) is 5.36. The second kappa shape index (κ2) is 2.43. The number of rotatable bonds is 1. The molecule has 0 radical (unpaired) electrons. The molecule has 5 heteroatoms. The van der Waals surface area contributed by atoms with Crippen molar-refractivity contribution in [2.45, 2.75) is 6.92 Å². The van der Waals surface area contributed by atoms with E-state index in [2.05, 4.69) is 15.2 Å². The summed E-state index contributed by atoms with van der Waals surface area (Å²) in [7, 11) is 0. The maximum absolute atomic E-state index is 5.15. The Morgan fingerprint density at radius 2 is 2.36 bits per heavy atom. The minimum atomic E-state index is 0.498. The van der Waals surface area contributed by atoms with Crippen molar-refractivity contribution in [3.05, 3.63) is 17.5 Å². The van der Waals surface area contributed by atoms with Gasteiger partial charge in [-0.1, -0.05) is 0 Å². The second-order valence-electron chi connectivity index (χ2n) is 1.96. The average Bonchev–Trinajstić information content (AvgIpc) is 2.55. The molecule has 2 aromatic rings. The average molecular weight is 167 g/mol. The van der Waals surface area contributed by atoms with Gasteiger partial charge in [-0.3, -0.25) is 0 Å². The lowest BCUT2D eigenvalue weighted by atomic mass is 10.7. The predicted molar refractivity (Wildman–Crippen MR) is 40.1 cm³/mol. The fraction of sp³-hybridized carbons (Fsp3) is 0.167. The van der Waals surface area contributed by atoms with E-state index in [4.69, 9.17) is 4.42 Å². The van der Waals surface area contributed by atoms with Crippen molar-refractivity contribution in [1.82, 2.24) is 15.2 Å². The summed E-state index contributed by atoms with van der Waals surface area (Å²) in [5, 5.41) is 10.2. The van der Waals surface area contributed by atoms with Gasteiger partial charge in [0.05, 0.1) is 0 Å². The molecule has 2 aromatic heterocycles. The molecule has 0 spiro atoms. The van der Waals surface area contributed by atoms with Crippen LogP contribution in [0.15, 0.2) is 16.0 Å². The highest BCUT2D eigenvalue weighted by Gasteiger charge is 2.06. The van der Waals surface area contributed by atoms with Crippen LogP contribution in [-0.4, -0.2) is 15.2 Å². The van der Waals surface area contributed by atoms with Crippen LogP contribution in [0.1, 0.15) is 5.89 Å². The molecule has 0 amide bonds. The van der Waals surface area contributed by atoms with Crippen molar-refractivity contribution in [3.63, 3.8) is 0 Å². The summed E-state index contributed by atoms with van der Waals surface area (Å²) in [5.74, 6) is 1.06. The molecule has 0 atom stereocenters. The standard InChI is InChI=1S/C6H5N3OS/c1-4-8-9-5(10-4)6-7-2-3-11-6/h2-3H,1H3. The van der Waals surface area contributed by atoms with Crippen LogP contribution in [0, 0.1) is 6.92 Å². The molecule has 0 saturated carbocycles. The lowest BCUT2D eigenvalue weighted by molar-refractivity contribution is 0.532. The second-order valence-corrected chi connectivity index (χ2v) is 2.86. The van der Waals surface area contributed by atoms with Crippen molar-refractivity contribution in [3.8, 4) is 10.9 Å². The highest BCUT2D eigenvalue weighted by molar-refractivity contribution is 7.12. The number of aromatic nitrogens is 3. The van der Waals surface area contributed by atoms with E-state index in [-0.39, 0.29) is 0 Å². The van der Waals surface area contributed by atoms with Gasteiger partial charge >= 0.3 is 0 Å². The fourth-order valence-electron chi connectivity index (χ4n) is 0.712. The van der Waals surface area contributed by atoms with Gasteiger partial charge < -0.3 is 4.42 Å². The lowest BCUT2D eigenvalue weighted by Crippen LogP contribution is -1.73. The third kappa shape index (κ3) is 1.14. The van der Waals surface area contributed by atoms with E-state index in [0.717, 1.165) is 5.01 Å². The van der Waals surface area contributed by atoms with Crippen molar-refractivity contribution < 1.29 is 4.42 Å². The monoisotopic (exact) mass is 167 g/mol. The number of aryl methyl sites for hydroxylation is 1. The van der Waals surface area contributed by atoms with E-state index in [1.807, 2.05) is 5.38 Å². The third-order valence-corrected chi connectivity index (χ3v) is 1.90. The molecule has 2 heterocycles. The summed E-state index contributed by atoms with van der Waals surface area (Å²) < 4.78 is 5.15. The van der Waals surface area contributed by atoms with E-state index < -0.39 is 0 Å². The summed E-state index contributed by atoms with van der Waals surface area (Å²) in [6.45, 7) is 1.75. The molecule has 0 saturated heterocycles. The van der Waals surface area contributed by atoms with Gasteiger partial charge in [-0.15, -0.1) is 21.5 Å². The molecule has 0 aliphatic heterocycles. The van der Waals surface area contributed by atoms with Crippen molar-refractivity contribution >= 4 is 11.3 Å². The molecular formula is C6H5N3OS. The fourth-order valence-corrected chi connectivity index (χ4v) is 1.27. The Balaban J connectivity index is 2.45. The zero-order valence-electron chi connectivity index (χ0n) is 5.81. The summed E-state index contributed by atoms with van der Waals surface area (Å²) in [6, 6.07) is 0. The van der Waals surface area contributed by atoms with E-state index >= 15 is 0 Å². The molecule has 0 aliphatic rings. The summed E-state index contributed by atoms with van der Waals surface area (Å²) in [4.78, 5) is 4.02. The molecule has 0 aliphatic carbocycles. The number of hydrogen-bond donors (Lipinski definition) is 0. The summed E-state index contributed by atoms with van der Waals surface area (Å²) >= 11 is 1.48. The van der Waals surface area contributed by atoms with Gasteiger partial charge in [-0.2, -0.15) is 0 Å². The Morgan fingerprint density at radius 1 is 1.45 bits per heavy atom. The molecular weight excluding hydrogens is 162 g/mol. The largest absolute Gasteiger partial charge is 0.419 e. The van der Waals surface area contributed by atoms with Gasteiger partial charge in [0.2, 0.25) is 5.89 Å². The van der Waals surface area contributed by atoms with E-state index in [0.29, 0.717) is 11.8 Å². The van der Waals surface area contributed by atoms with Gasteiger partial charge in [-0.25, -0.2) is 4.98 Å². The predicted octanol–water partition coefficient (Wildman–Crippen LogP) is 1.50. The summed E-state index contributed by atoms with van der Waals surface area (Å²) in [5.41, 5.74) is 0. The zero-order chi connectivity index (χ0) is 7.68. The first kappa shape index (κ1) is 6.48. The Hall–Kier alpha value is -1.23. The minimum Gasteiger partial charge on any atom is -0.419 e.